The standard InChI is InChI=1S/C10H16F3NO3/c1-7-8(2-5-17-7)9(16)14(3-4-15)6-10(11,12)13/h7-8,15H,2-6H2,1H3. The second-order valence-corrected chi connectivity index (χ2v) is 4.07. The summed E-state index contributed by atoms with van der Waals surface area (Å²) in [6.45, 7) is -0.0577. The molecule has 1 heterocycles. The normalized spacial score (nSPS) is 25.0. The van der Waals surface area contributed by atoms with Gasteiger partial charge in [-0.2, -0.15) is 13.2 Å². The van der Waals surface area contributed by atoms with Crippen LogP contribution in [0.15, 0.2) is 0 Å². The molecule has 0 saturated carbocycles. The van der Waals surface area contributed by atoms with E-state index in [1.54, 1.807) is 6.92 Å². The van der Waals surface area contributed by atoms with E-state index in [1.807, 2.05) is 0 Å². The summed E-state index contributed by atoms with van der Waals surface area (Å²) in [5, 5.41) is 8.70. The third-order valence-electron chi connectivity index (χ3n) is 2.75. The van der Waals surface area contributed by atoms with Gasteiger partial charge in [0, 0.05) is 13.2 Å². The second kappa shape index (κ2) is 5.68. The number of hydrogen-bond donors (Lipinski definition) is 1. The minimum absolute atomic E-state index is 0.304. The lowest BCUT2D eigenvalue weighted by molar-refractivity contribution is -0.165. The van der Waals surface area contributed by atoms with Crippen molar-refractivity contribution in [1.29, 1.82) is 0 Å². The van der Waals surface area contributed by atoms with E-state index >= 15 is 0 Å². The number of alkyl halides is 3. The predicted octanol–water partition coefficient (Wildman–Crippen LogP) is 0.795. The molecule has 1 fully saturated rings. The van der Waals surface area contributed by atoms with E-state index in [1.165, 1.54) is 0 Å². The maximum atomic E-state index is 12.3. The van der Waals surface area contributed by atoms with Gasteiger partial charge in [-0.15, -0.1) is 0 Å². The van der Waals surface area contributed by atoms with Crippen molar-refractivity contribution in [2.75, 3.05) is 26.3 Å². The number of carbonyl (C=O) groups is 1. The van der Waals surface area contributed by atoms with Crippen molar-refractivity contribution in [1.82, 2.24) is 4.90 Å². The molecule has 0 aliphatic carbocycles. The Balaban J connectivity index is 2.66. The van der Waals surface area contributed by atoms with Gasteiger partial charge < -0.3 is 14.7 Å². The van der Waals surface area contributed by atoms with Crippen LogP contribution < -0.4 is 0 Å². The van der Waals surface area contributed by atoms with E-state index in [4.69, 9.17) is 9.84 Å². The van der Waals surface area contributed by atoms with Crippen LogP contribution in [0.5, 0.6) is 0 Å². The maximum absolute atomic E-state index is 12.3. The molecule has 0 radical (unpaired) electrons. The topological polar surface area (TPSA) is 49.8 Å². The molecule has 7 heteroatoms. The van der Waals surface area contributed by atoms with E-state index in [2.05, 4.69) is 0 Å². The van der Waals surface area contributed by atoms with Crippen LogP contribution in [0.4, 0.5) is 13.2 Å². The van der Waals surface area contributed by atoms with Gasteiger partial charge >= 0.3 is 6.18 Å². The number of hydrogen-bond acceptors (Lipinski definition) is 3. The summed E-state index contributed by atoms with van der Waals surface area (Å²) < 4.78 is 42.0. The SMILES string of the molecule is CC1OCCC1C(=O)N(CCO)CC(F)(F)F. The molecular formula is C10H16F3NO3. The van der Waals surface area contributed by atoms with E-state index in [0.29, 0.717) is 17.9 Å². The van der Waals surface area contributed by atoms with Crippen LogP contribution in [0, 0.1) is 5.92 Å². The highest BCUT2D eigenvalue weighted by molar-refractivity contribution is 5.79. The van der Waals surface area contributed by atoms with Gasteiger partial charge in [-0.25, -0.2) is 0 Å². The number of aliphatic hydroxyl groups excluding tert-OH is 1. The van der Waals surface area contributed by atoms with E-state index in [9.17, 15) is 18.0 Å². The quantitative estimate of drug-likeness (QED) is 0.808. The molecule has 0 aromatic heterocycles. The number of ether oxygens (including phenoxy) is 1. The van der Waals surface area contributed by atoms with Crippen molar-refractivity contribution >= 4 is 5.91 Å². The Labute approximate surface area is 97.3 Å². The highest BCUT2D eigenvalue weighted by atomic mass is 19.4. The summed E-state index contributed by atoms with van der Waals surface area (Å²) in [5.74, 6) is -1.13. The molecule has 1 rings (SSSR count). The Hall–Kier alpha value is -0.820. The molecule has 2 atom stereocenters. The fourth-order valence-corrected chi connectivity index (χ4v) is 1.89. The van der Waals surface area contributed by atoms with Crippen LogP contribution in [0.3, 0.4) is 0 Å². The molecule has 4 nitrogen and oxygen atoms in total. The van der Waals surface area contributed by atoms with Gasteiger partial charge in [0.2, 0.25) is 5.91 Å². The van der Waals surface area contributed by atoms with Crippen LogP contribution in [-0.4, -0.2) is 54.5 Å². The molecule has 1 aliphatic heterocycles. The van der Waals surface area contributed by atoms with Gasteiger partial charge in [0.05, 0.1) is 18.6 Å². The number of nitrogens with zero attached hydrogens (tertiary/aromatic N) is 1. The Morgan fingerprint density at radius 1 is 1.53 bits per heavy atom. The fraction of sp³-hybridized carbons (Fsp3) is 0.900. The summed E-state index contributed by atoms with van der Waals surface area (Å²) in [4.78, 5) is 12.5. The number of amides is 1. The van der Waals surface area contributed by atoms with Gasteiger partial charge in [-0.1, -0.05) is 0 Å². The summed E-state index contributed by atoms with van der Waals surface area (Å²) in [6, 6.07) is 0. The molecule has 0 spiro atoms. The largest absolute Gasteiger partial charge is 0.406 e. The lowest BCUT2D eigenvalue weighted by Crippen LogP contribution is -2.45. The van der Waals surface area contributed by atoms with Crippen LogP contribution in [0.25, 0.3) is 0 Å². The minimum Gasteiger partial charge on any atom is -0.395 e. The number of rotatable bonds is 4. The maximum Gasteiger partial charge on any atom is 0.406 e. The van der Waals surface area contributed by atoms with E-state index in [0.717, 1.165) is 0 Å². The zero-order valence-electron chi connectivity index (χ0n) is 9.54. The summed E-state index contributed by atoms with van der Waals surface area (Å²) in [7, 11) is 0. The molecule has 1 aliphatic rings. The average Bonchev–Trinajstić information content (AvgIpc) is 2.61. The number of aliphatic hydroxyl groups is 1. The minimum atomic E-state index is -4.45. The molecule has 0 bridgehead atoms. The third-order valence-corrected chi connectivity index (χ3v) is 2.75. The molecule has 1 amide bonds. The highest BCUT2D eigenvalue weighted by Crippen LogP contribution is 2.24. The first kappa shape index (κ1) is 14.2. The first-order chi connectivity index (χ1) is 7.85. The van der Waals surface area contributed by atoms with Crippen LogP contribution >= 0.6 is 0 Å². The van der Waals surface area contributed by atoms with Crippen molar-refractivity contribution < 1.29 is 27.8 Å². The lowest BCUT2D eigenvalue weighted by atomic mass is 10.0. The summed E-state index contributed by atoms with van der Waals surface area (Å²) in [5.41, 5.74) is 0. The Morgan fingerprint density at radius 2 is 2.18 bits per heavy atom. The average molecular weight is 255 g/mol. The van der Waals surface area contributed by atoms with Crippen LogP contribution in [-0.2, 0) is 9.53 Å². The lowest BCUT2D eigenvalue weighted by Gasteiger charge is -2.26. The van der Waals surface area contributed by atoms with Crippen molar-refractivity contribution in [3.05, 3.63) is 0 Å². The van der Waals surface area contributed by atoms with Gasteiger partial charge in [0.25, 0.3) is 0 Å². The molecule has 0 aromatic rings. The highest BCUT2D eigenvalue weighted by Gasteiger charge is 2.38. The molecule has 1 saturated heterocycles. The fourth-order valence-electron chi connectivity index (χ4n) is 1.89. The number of halogens is 3. The Kier molecular flexibility index (Phi) is 4.76. The van der Waals surface area contributed by atoms with Gasteiger partial charge in [0.15, 0.2) is 0 Å². The zero-order valence-corrected chi connectivity index (χ0v) is 9.54. The first-order valence-electron chi connectivity index (χ1n) is 5.43. The molecule has 1 N–H and O–H groups in total. The van der Waals surface area contributed by atoms with Crippen molar-refractivity contribution in [3.63, 3.8) is 0 Å². The molecule has 100 valence electrons. The van der Waals surface area contributed by atoms with E-state index in [-0.39, 0.29) is 12.6 Å². The molecule has 17 heavy (non-hydrogen) atoms. The predicted molar refractivity (Wildman–Crippen MR) is 53.2 cm³/mol. The second-order valence-electron chi connectivity index (χ2n) is 4.07. The van der Waals surface area contributed by atoms with Crippen LogP contribution in [0.1, 0.15) is 13.3 Å². The van der Waals surface area contributed by atoms with Crippen molar-refractivity contribution in [2.45, 2.75) is 25.6 Å². The Morgan fingerprint density at radius 3 is 2.59 bits per heavy atom. The van der Waals surface area contributed by atoms with Gasteiger partial charge in [-0.3, -0.25) is 4.79 Å². The van der Waals surface area contributed by atoms with Gasteiger partial charge in [-0.05, 0) is 13.3 Å². The smallest absolute Gasteiger partial charge is 0.395 e. The summed E-state index contributed by atoms with van der Waals surface area (Å²) >= 11 is 0. The van der Waals surface area contributed by atoms with E-state index < -0.39 is 31.2 Å². The van der Waals surface area contributed by atoms with Gasteiger partial charge in [0.1, 0.15) is 6.54 Å². The Bertz CT molecular complexity index is 270. The third kappa shape index (κ3) is 4.16. The van der Waals surface area contributed by atoms with Crippen molar-refractivity contribution in [3.8, 4) is 0 Å². The molecule has 0 aromatic carbocycles. The van der Waals surface area contributed by atoms with Crippen LogP contribution in [0.2, 0.25) is 0 Å². The zero-order chi connectivity index (χ0) is 13.1. The number of carbonyl (C=O) groups excluding carboxylic acids is 1. The molecule has 2 unspecified atom stereocenters. The molecular weight excluding hydrogens is 239 g/mol. The summed E-state index contributed by atoms with van der Waals surface area (Å²) in [6.07, 6.45) is -4.38. The van der Waals surface area contributed by atoms with Crippen molar-refractivity contribution in [2.24, 2.45) is 5.92 Å². The monoisotopic (exact) mass is 255 g/mol. The first-order valence-corrected chi connectivity index (χ1v) is 5.43.